The fourth-order valence-electron chi connectivity index (χ4n) is 2.88. The number of anilines is 1. The van der Waals surface area contributed by atoms with Crippen LogP contribution in [0.5, 0.6) is 17.2 Å². The largest absolute Gasteiger partial charge is 0.496 e. The van der Waals surface area contributed by atoms with Crippen LogP contribution in [0.4, 0.5) is 19.3 Å². The standard InChI is InChI=1S/C21H19ClF2N4O5/c1-9(29)8-27-21(31)28-14-6-12(23)19(18(24)17(14)22)33-15-3-4-26-13-7-16(32-2)11(20(25)30)5-10(13)15/h3-7,9,29H,8H2,1-2H3,(H2,25,30)(H2,27,28,31)/t9-/m1/s1. The molecular weight excluding hydrogens is 462 g/mol. The fraction of sp³-hybridized carbons (Fsp3) is 0.190. The number of rotatable bonds is 7. The molecule has 0 fully saturated rings. The van der Waals surface area contributed by atoms with E-state index in [0.29, 0.717) is 5.52 Å². The normalized spacial score (nSPS) is 11.7. The van der Waals surface area contributed by atoms with Gasteiger partial charge in [-0.25, -0.2) is 13.6 Å². The van der Waals surface area contributed by atoms with Gasteiger partial charge >= 0.3 is 6.03 Å². The Morgan fingerprint density at radius 2 is 2.00 bits per heavy atom. The van der Waals surface area contributed by atoms with Crippen LogP contribution in [0.15, 0.2) is 30.5 Å². The van der Waals surface area contributed by atoms with Crippen LogP contribution < -0.4 is 25.8 Å². The molecule has 0 spiro atoms. The second-order valence-electron chi connectivity index (χ2n) is 6.89. The van der Waals surface area contributed by atoms with Gasteiger partial charge in [-0.15, -0.1) is 0 Å². The Balaban J connectivity index is 1.98. The van der Waals surface area contributed by atoms with Crippen LogP contribution in [-0.4, -0.2) is 41.8 Å². The molecular formula is C21H19ClF2N4O5. The summed E-state index contributed by atoms with van der Waals surface area (Å²) in [5.74, 6) is -3.90. The topological polar surface area (TPSA) is 136 Å². The SMILES string of the molecule is COc1cc2nccc(Oc3c(F)cc(NC(=O)NC[C@@H](C)O)c(Cl)c3F)c2cc1C(N)=O. The van der Waals surface area contributed by atoms with E-state index in [0.717, 1.165) is 6.07 Å². The van der Waals surface area contributed by atoms with Gasteiger partial charge in [0.05, 0.1) is 30.0 Å². The van der Waals surface area contributed by atoms with Crippen molar-refractivity contribution in [2.45, 2.75) is 13.0 Å². The summed E-state index contributed by atoms with van der Waals surface area (Å²) in [5.41, 5.74) is 5.36. The van der Waals surface area contributed by atoms with Crippen molar-refractivity contribution in [3.05, 3.63) is 52.7 Å². The van der Waals surface area contributed by atoms with Gasteiger partial charge in [0.15, 0.2) is 17.4 Å². The third kappa shape index (κ3) is 5.21. The lowest BCUT2D eigenvalue weighted by Crippen LogP contribution is -2.34. The number of pyridine rings is 1. The van der Waals surface area contributed by atoms with Gasteiger partial charge in [-0.3, -0.25) is 9.78 Å². The van der Waals surface area contributed by atoms with E-state index >= 15 is 0 Å². The summed E-state index contributed by atoms with van der Waals surface area (Å²) in [6.07, 6.45) is 0.515. The molecule has 3 rings (SSSR count). The summed E-state index contributed by atoms with van der Waals surface area (Å²) in [5, 5.41) is 13.3. The number of nitrogens with one attached hydrogen (secondary N) is 2. The van der Waals surface area contributed by atoms with E-state index in [1.165, 1.54) is 38.4 Å². The number of carbonyl (C=O) groups excluding carboxylic acids is 2. The zero-order valence-electron chi connectivity index (χ0n) is 17.4. The molecule has 0 saturated carbocycles. The van der Waals surface area contributed by atoms with Crippen molar-refractivity contribution in [1.29, 1.82) is 0 Å². The third-order valence-electron chi connectivity index (χ3n) is 4.42. The number of nitrogens with zero attached hydrogens (tertiary/aromatic N) is 1. The van der Waals surface area contributed by atoms with Gasteiger partial charge in [0.2, 0.25) is 0 Å². The van der Waals surface area contributed by atoms with Crippen LogP contribution in [-0.2, 0) is 0 Å². The highest BCUT2D eigenvalue weighted by molar-refractivity contribution is 6.34. The second-order valence-corrected chi connectivity index (χ2v) is 7.27. The number of urea groups is 1. The van der Waals surface area contributed by atoms with Crippen molar-refractivity contribution < 1.29 is 33.0 Å². The number of carbonyl (C=O) groups is 2. The molecule has 174 valence electrons. The first kappa shape index (κ1) is 24.0. The first-order chi connectivity index (χ1) is 15.6. The smallest absolute Gasteiger partial charge is 0.319 e. The highest BCUT2D eigenvalue weighted by Crippen LogP contribution is 2.39. The lowest BCUT2D eigenvalue weighted by Gasteiger charge is -2.15. The number of halogens is 3. The summed E-state index contributed by atoms with van der Waals surface area (Å²) < 4.78 is 40.2. The van der Waals surface area contributed by atoms with E-state index in [4.69, 9.17) is 26.8 Å². The van der Waals surface area contributed by atoms with Gasteiger partial charge in [0, 0.05) is 30.3 Å². The second kappa shape index (κ2) is 9.84. The van der Waals surface area contributed by atoms with Crippen molar-refractivity contribution in [2.24, 2.45) is 5.73 Å². The lowest BCUT2D eigenvalue weighted by molar-refractivity contribution is 0.0997. The van der Waals surface area contributed by atoms with Gasteiger partial charge in [0.1, 0.15) is 16.5 Å². The maximum Gasteiger partial charge on any atom is 0.319 e. The number of fused-ring (bicyclic) bond motifs is 1. The zero-order valence-corrected chi connectivity index (χ0v) is 18.2. The lowest BCUT2D eigenvalue weighted by atomic mass is 10.1. The van der Waals surface area contributed by atoms with Crippen LogP contribution in [0.25, 0.3) is 10.9 Å². The van der Waals surface area contributed by atoms with Gasteiger partial charge in [-0.1, -0.05) is 11.6 Å². The Labute approximate surface area is 191 Å². The minimum atomic E-state index is -1.27. The molecule has 0 aliphatic heterocycles. The molecule has 5 N–H and O–H groups in total. The molecule has 0 saturated heterocycles. The van der Waals surface area contributed by atoms with Crippen LogP contribution in [0, 0.1) is 11.6 Å². The molecule has 9 nitrogen and oxygen atoms in total. The Morgan fingerprint density at radius 1 is 1.27 bits per heavy atom. The predicted octanol–water partition coefficient (Wildman–Crippen LogP) is 3.57. The number of aliphatic hydroxyl groups is 1. The Morgan fingerprint density at radius 3 is 2.64 bits per heavy atom. The van der Waals surface area contributed by atoms with E-state index in [1.807, 2.05) is 0 Å². The summed E-state index contributed by atoms with van der Waals surface area (Å²) >= 11 is 5.96. The number of hydrogen-bond acceptors (Lipinski definition) is 6. The minimum absolute atomic E-state index is 0.0181. The van der Waals surface area contributed by atoms with E-state index in [-0.39, 0.29) is 34.7 Å². The van der Waals surface area contributed by atoms with E-state index < -0.39 is 40.4 Å². The molecule has 0 radical (unpaired) electrons. The third-order valence-corrected chi connectivity index (χ3v) is 4.79. The maximum atomic E-state index is 14.9. The number of methoxy groups -OCH3 is 1. The molecule has 2 aromatic carbocycles. The number of ether oxygens (including phenoxy) is 2. The molecule has 0 aliphatic carbocycles. The molecule has 33 heavy (non-hydrogen) atoms. The molecule has 1 heterocycles. The highest BCUT2D eigenvalue weighted by atomic mass is 35.5. The zero-order chi connectivity index (χ0) is 24.3. The quantitative estimate of drug-likeness (QED) is 0.382. The number of nitrogens with two attached hydrogens (primary N) is 1. The highest BCUT2D eigenvalue weighted by Gasteiger charge is 2.22. The average molecular weight is 481 g/mol. The number of hydrogen-bond donors (Lipinski definition) is 4. The van der Waals surface area contributed by atoms with Crippen LogP contribution >= 0.6 is 11.6 Å². The average Bonchev–Trinajstić information content (AvgIpc) is 2.77. The van der Waals surface area contributed by atoms with Crippen LogP contribution in [0.1, 0.15) is 17.3 Å². The first-order valence-electron chi connectivity index (χ1n) is 9.47. The summed E-state index contributed by atoms with van der Waals surface area (Å²) in [7, 11) is 1.35. The molecule has 3 amide bonds. The number of benzene rings is 2. The van der Waals surface area contributed by atoms with Crippen molar-refractivity contribution in [3.63, 3.8) is 0 Å². The van der Waals surface area contributed by atoms with Crippen molar-refractivity contribution in [3.8, 4) is 17.2 Å². The van der Waals surface area contributed by atoms with E-state index in [9.17, 15) is 23.5 Å². The van der Waals surface area contributed by atoms with Crippen LogP contribution in [0.2, 0.25) is 5.02 Å². The molecule has 12 heteroatoms. The minimum Gasteiger partial charge on any atom is -0.496 e. The molecule has 3 aromatic rings. The molecule has 0 bridgehead atoms. The van der Waals surface area contributed by atoms with Gasteiger partial charge in [-0.05, 0) is 19.1 Å². The van der Waals surface area contributed by atoms with Crippen molar-refractivity contribution in [2.75, 3.05) is 19.0 Å². The van der Waals surface area contributed by atoms with Crippen LogP contribution in [0.3, 0.4) is 0 Å². The monoisotopic (exact) mass is 480 g/mol. The van der Waals surface area contributed by atoms with Crippen molar-refractivity contribution in [1.82, 2.24) is 10.3 Å². The summed E-state index contributed by atoms with van der Waals surface area (Å²) in [6.45, 7) is 1.37. The summed E-state index contributed by atoms with van der Waals surface area (Å²) in [4.78, 5) is 27.7. The predicted molar refractivity (Wildman–Crippen MR) is 117 cm³/mol. The van der Waals surface area contributed by atoms with E-state index in [2.05, 4.69) is 15.6 Å². The van der Waals surface area contributed by atoms with Crippen molar-refractivity contribution >= 4 is 40.1 Å². The number of aromatic nitrogens is 1. The summed E-state index contributed by atoms with van der Waals surface area (Å²) in [6, 6.07) is 4.06. The Bertz CT molecular complexity index is 1240. The van der Waals surface area contributed by atoms with Gasteiger partial charge in [-0.2, -0.15) is 0 Å². The van der Waals surface area contributed by atoms with Gasteiger partial charge < -0.3 is 30.9 Å². The Hall–Kier alpha value is -3.70. The number of aliphatic hydroxyl groups excluding tert-OH is 1. The number of amides is 3. The van der Waals surface area contributed by atoms with E-state index in [1.54, 1.807) is 0 Å². The molecule has 1 atom stereocenters. The molecule has 0 aliphatic rings. The Kier molecular flexibility index (Phi) is 7.14. The maximum absolute atomic E-state index is 14.9. The number of primary amides is 1. The molecule has 0 unspecified atom stereocenters. The fourth-order valence-corrected chi connectivity index (χ4v) is 3.07. The molecule has 1 aromatic heterocycles. The first-order valence-corrected chi connectivity index (χ1v) is 9.85. The van der Waals surface area contributed by atoms with Gasteiger partial charge in [0.25, 0.3) is 5.91 Å².